The molecule has 0 aliphatic carbocycles. The van der Waals surface area contributed by atoms with Crippen LogP contribution in [0.3, 0.4) is 0 Å². The SMILES string of the molecule is CC(NC(=O)C(Cc1ccc(O)cc1)NC(=O)C(N)C(C)O)C(=O)NC(Cc1ccccc1)C(=O)O. The molecule has 0 heterocycles. The number of hydrogen-bond donors (Lipinski definition) is 7. The predicted octanol–water partition coefficient (Wildman–Crippen LogP) is -0.556. The molecule has 0 fully saturated rings. The van der Waals surface area contributed by atoms with Crippen molar-refractivity contribution in [3.05, 3.63) is 65.7 Å². The van der Waals surface area contributed by atoms with E-state index in [1.165, 1.54) is 26.0 Å². The number of nitrogens with two attached hydrogens (primary N) is 1. The van der Waals surface area contributed by atoms with Gasteiger partial charge >= 0.3 is 5.97 Å². The molecule has 2 rings (SSSR count). The fourth-order valence-electron chi connectivity index (χ4n) is 3.29. The van der Waals surface area contributed by atoms with Crippen LogP contribution < -0.4 is 21.7 Å². The number of phenols is 1. The molecule has 194 valence electrons. The molecule has 2 aromatic carbocycles. The summed E-state index contributed by atoms with van der Waals surface area (Å²) in [7, 11) is 0. The minimum absolute atomic E-state index is 0.00444. The maximum Gasteiger partial charge on any atom is 0.326 e. The van der Waals surface area contributed by atoms with Gasteiger partial charge in [-0.2, -0.15) is 0 Å². The lowest BCUT2D eigenvalue weighted by Crippen LogP contribution is -2.58. The fourth-order valence-corrected chi connectivity index (χ4v) is 3.29. The lowest BCUT2D eigenvalue weighted by Gasteiger charge is -2.24. The van der Waals surface area contributed by atoms with Gasteiger partial charge in [0.1, 0.15) is 29.9 Å². The molecule has 8 N–H and O–H groups in total. The van der Waals surface area contributed by atoms with Crippen LogP contribution in [0.4, 0.5) is 0 Å². The van der Waals surface area contributed by atoms with E-state index in [4.69, 9.17) is 5.73 Å². The topological polar surface area (TPSA) is 191 Å². The summed E-state index contributed by atoms with van der Waals surface area (Å²) in [4.78, 5) is 49.7. The molecule has 0 saturated carbocycles. The maximum absolute atomic E-state index is 13.0. The zero-order valence-corrected chi connectivity index (χ0v) is 20.0. The van der Waals surface area contributed by atoms with Gasteiger partial charge in [0.25, 0.3) is 0 Å². The molecule has 0 aliphatic heterocycles. The summed E-state index contributed by atoms with van der Waals surface area (Å²) in [5.41, 5.74) is 6.99. The summed E-state index contributed by atoms with van der Waals surface area (Å²) in [6.45, 7) is 2.72. The van der Waals surface area contributed by atoms with Gasteiger partial charge in [-0.1, -0.05) is 42.5 Å². The van der Waals surface area contributed by atoms with Crippen molar-refractivity contribution in [1.82, 2.24) is 16.0 Å². The first-order valence-electron chi connectivity index (χ1n) is 11.4. The second-order valence-corrected chi connectivity index (χ2v) is 8.52. The zero-order chi connectivity index (χ0) is 26.8. The number of benzene rings is 2. The van der Waals surface area contributed by atoms with Crippen molar-refractivity contribution in [3.63, 3.8) is 0 Å². The molecule has 0 aromatic heterocycles. The molecule has 0 saturated heterocycles. The van der Waals surface area contributed by atoms with Crippen LogP contribution in [0.5, 0.6) is 5.75 Å². The monoisotopic (exact) mass is 500 g/mol. The Hall–Kier alpha value is -3.96. The van der Waals surface area contributed by atoms with Gasteiger partial charge in [-0.05, 0) is 37.1 Å². The number of aliphatic hydroxyl groups is 1. The quantitative estimate of drug-likeness (QED) is 0.202. The Bertz CT molecular complexity index is 1040. The number of nitrogens with one attached hydrogen (secondary N) is 3. The first kappa shape index (κ1) is 28.3. The fraction of sp³-hybridized carbons (Fsp3) is 0.360. The molecule has 0 bridgehead atoms. The molecule has 5 unspecified atom stereocenters. The number of carbonyl (C=O) groups is 4. The number of rotatable bonds is 12. The van der Waals surface area contributed by atoms with Gasteiger partial charge in [0.05, 0.1) is 6.10 Å². The molecular formula is C25H32N4O7. The van der Waals surface area contributed by atoms with Crippen molar-refractivity contribution < 1.29 is 34.5 Å². The highest BCUT2D eigenvalue weighted by molar-refractivity contribution is 5.94. The third-order valence-corrected chi connectivity index (χ3v) is 5.48. The predicted molar refractivity (Wildman–Crippen MR) is 131 cm³/mol. The summed E-state index contributed by atoms with van der Waals surface area (Å²) in [5, 5.41) is 36.0. The largest absolute Gasteiger partial charge is 0.508 e. The first-order valence-corrected chi connectivity index (χ1v) is 11.4. The van der Waals surface area contributed by atoms with Gasteiger partial charge in [0.15, 0.2) is 0 Å². The van der Waals surface area contributed by atoms with Crippen molar-refractivity contribution in [1.29, 1.82) is 0 Å². The molecule has 11 heteroatoms. The van der Waals surface area contributed by atoms with Crippen molar-refractivity contribution in [2.45, 2.75) is 57.0 Å². The van der Waals surface area contributed by atoms with Gasteiger partial charge in [0.2, 0.25) is 17.7 Å². The summed E-state index contributed by atoms with van der Waals surface area (Å²) >= 11 is 0. The Morgan fingerprint density at radius 3 is 1.86 bits per heavy atom. The molecular weight excluding hydrogens is 468 g/mol. The summed E-state index contributed by atoms with van der Waals surface area (Å²) in [6.07, 6.45) is -1.10. The number of amides is 3. The van der Waals surface area contributed by atoms with Gasteiger partial charge in [-0.3, -0.25) is 14.4 Å². The highest BCUT2D eigenvalue weighted by atomic mass is 16.4. The number of phenolic OH excluding ortho intramolecular Hbond substituents is 1. The minimum Gasteiger partial charge on any atom is -0.508 e. The number of carboxylic acid groups (broad SMARTS) is 1. The van der Waals surface area contributed by atoms with E-state index in [0.717, 1.165) is 0 Å². The van der Waals surface area contributed by atoms with E-state index < -0.39 is 54.0 Å². The third-order valence-electron chi connectivity index (χ3n) is 5.48. The average molecular weight is 501 g/mol. The second-order valence-electron chi connectivity index (χ2n) is 8.52. The maximum atomic E-state index is 13.0. The van der Waals surface area contributed by atoms with Gasteiger partial charge in [-0.15, -0.1) is 0 Å². The average Bonchev–Trinajstić information content (AvgIpc) is 2.84. The van der Waals surface area contributed by atoms with Crippen molar-refractivity contribution in [2.75, 3.05) is 0 Å². The molecule has 0 radical (unpaired) electrons. The Kier molecular flexibility index (Phi) is 10.4. The molecule has 3 amide bonds. The van der Waals surface area contributed by atoms with Crippen LogP contribution in [0.25, 0.3) is 0 Å². The first-order chi connectivity index (χ1) is 17.0. The number of aliphatic carboxylic acids is 1. The van der Waals surface area contributed by atoms with Crippen LogP contribution in [-0.4, -0.2) is 69.3 Å². The Morgan fingerprint density at radius 1 is 0.778 bits per heavy atom. The lowest BCUT2D eigenvalue weighted by atomic mass is 10.0. The van der Waals surface area contributed by atoms with E-state index in [1.54, 1.807) is 42.5 Å². The van der Waals surface area contributed by atoms with Crippen LogP contribution in [0.2, 0.25) is 0 Å². The highest BCUT2D eigenvalue weighted by Crippen LogP contribution is 2.12. The van der Waals surface area contributed by atoms with Crippen LogP contribution in [-0.2, 0) is 32.0 Å². The number of carboxylic acids is 1. The molecule has 11 nitrogen and oxygen atoms in total. The van der Waals surface area contributed by atoms with Crippen molar-refractivity contribution in [3.8, 4) is 5.75 Å². The standard InChI is InChI=1S/C25H32N4O7/c1-14(22(32)29-20(25(35)36)13-16-6-4-3-5-7-16)27-23(33)19(28-24(34)21(26)15(2)30)12-17-8-10-18(31)11-9-17/h3-11,14-15,19-21,30-31H,12-13,26H2,1-2H3,(H,27,33)(H,28,34)(H,29,32)(H,35,36). The van der Waals surface area contributed by atoms with Crippen LogP contribution >= 0.6 is 0 Å². The van der Waals surface area contributed by atoms with Crippen LogP contribution in [0.1, 0.15) is 25.0 Å². The van der Waals surface area contributed by atoms with Gasteiger partial charge < -0.3 is 37.0 Å². The lowest BCUT2D eigenvalue weighted by molar-refractivity contribution is -0.142. The van der Waals surface area contributed by atoms with E-state index in [1.807, 2.05) is 0 Å². The minimum atomic E-state index is -1.28. The highest BCUT2D eigenvalue weighted by Gasteiger charge is 2.29. The molecule has 36 heavy (non-hydrogen) atoms. The number of aliphatic hydroxyl groups excluding tert-OH is 1. The Labute approximate surface area is 208 Å². The van der Waals surface area contributed by atoms with E-state index in [2.05, 4.69) is 16.0 Å². The zero-order valence-electron chi connectivity index (χ0n) is 20.0. The molecule has 2 aromatic rings. The summed E-state index contributed by atoms with van der Waals surface area (Å²) in [6, 6.07) is 9.95. The number of aromatic hydroxyl groups is 1. The normalized spacial score (nSPS) is 15.0. The van der Waals surface area contributed by atoms with Crippen LogP contribution in [0.15, 0.2) is 54.6 Å². The van der Waals surface area contributed by atoms with E-state index in [0.29, 0.717) is 11.1 Å². The van der Waals surface area contributed by atoms with Crippen LogP contribution in [0, 0.1) is 0 Å². The number of carbonyl (C=O) groups excluding carboxylic acids is 3. The van der Waals surface area contributed by atoms with Crippen molar-refractivity contribution >= 4 is 23.7 Å². The van der Waals surface area contributed by atoms with Gasteiger partial charge in [0, 0.05) is 12.8 Å². The molecule has 0 spiro atoms. The molecule has 0 aliphatic rings. The smallest absolute Gasteiger partial charge is 0.326 e. The molecule has 5 atom stereocenters. The van der Waals surface area contributed by atoms with E-state index in [9.17, 15) is 34.5 Å². The Balaban J connectivity index is 2.09. The third kappa shape index (κ3) is 8.67. The van der Waals surface area contributed by atoms with Gasteiger partial charge in [-0.25, -0.2) is 4.79 Å². The van der Waals surface area contributed by atoms with E-state index >= 15 is 0 Å². The van der Waals surface area contributed by atoms with Crippen molar-refractivity contribution in [2.24, 2.45) is 5.73 Å². The number of hydrogen-bond acceptors (Lipinski definition) is 7. The second kappa shape index (κ2) is 13.2. The Morgan fingerprint density at radius 2 is 1.31 bits per heavy atom. The summed E-state index contributed by atoms with van der Waals surface area (Å²) < 4.78 is 0. The summed E-state index contributed by atoms with van der Waals surface area (Å²) in [5.74, 6) is -3.41. The van der Waals surface area contributed by atoms with E-state index in [-0.39, 0.29) is 18.6 Å².